The van der Waals surface area contributed by atoms with E-state index in [1.165, 1.54) is 19.3 Å². The third-order valence-electron chi connectivity index (χ3n) is 4.70. The molecule has 100 valence electrons. The Morgan fingerprint density at radius 1 is 1.12 bits per heavy atom. The Balaban J connectivity index is 1.92. The van der Waals surface area contributed by atoms with Gasteiger partial charge in [-0.05, 0) is 38.0 Å². The van der Waals surface area contributed by atoms with Gasteiger partial charge in [-0.3, -0.25) is 4.90 Å². The lowest BCUT2D eigenvalue weighted by molar-refractivity contribution is -0.0911. The first kappa shape index (κ1) is 13.3. The van der Waals surface area contributed by atoms with Crippen LogP contribution in [-0.4, -0.2) is 42.8 Å². The van der Waals surface area contributed by atoms with Crippen molar-refractivity contribution in [1.29, 1.82) is 0 Å². The molecule has 2 rings (SSSR count). The van der Waals surface area contributed by atoms with Crippen LogP contribution in [-0.2, 0) is 4.74 Å². The van der Waals surface area contributed by atoms with Crippen LogP contribution in [0.2, 0.25) is 0 Å². The van der Waals surface area contributed by atoms with Gasteiger partial charge in [-0.15, -0.1) is 0 Å². The maximum Gasteiger partial charge on any atom is 0.0828 e. The van der Waals surface area contributed by atoms with Gasteiger partial charge in [0.25, 0.3) is 0 Å². The lowest BCUT2D eigenvalue weighted by Gasteiger charge is -2.44. The van der Waals surface area contributed by atoms with Crippen molar-refractivity contribution in [3.8, 4) is 0 Å². The van der Waals surface area contributed by atoms with Gasteiger partial charge in [-0.25, -0.2) is 0 Å². The summed E-state index contributed by atoms with van der Waals surface area (Å²) in [5, 5.41) is 0. The molecule has 1 saturated carbocycles. The number of ether oxygens (including phenoxy) is 1. The van der Waals surface area contributed by atoms with Crippen molar-refractivity contribution in [2.24, 2.45) is 17.6 Å². The highest BCUT2D eigenvalue weighted by Crippen LogP contribution is 2.33. The van der Waals surface area contributed by atoms with Gasteiger partial charge in [0.1, 0.15) is 0 Å². The largest absolute Gasteiger partial charge is 0.371 e. The van der Waals surface area contributed by atoms with Gasteiger partial charge >= 0.3 is 0 Å². The minimum Gasteiger partial charge on any atom is -0.371 e. The second-order valence-electron chi connectivity index (χ2n) is 6.18. The molecule has 0 aromatic rings. The highest BCUT2D eigenvalue weighted by Gasteiger charge is 2.33. The van der Waals surface area contributed by atoms with E-state index in [2.05, 4.69) is 25.7 Å². The Kier molecular flexibility index (Phi) is 4.45. The number of rotatable bonds is 2. The number of hydrogen-bond donors (Lipinski definition) is 1. The van der Waals surface area contributed by atoms with Crippen LogP contribution in [0.4, 0.5) is 0 Å². The van der Waals surface area contributed by atoms with E-state index in [4.69, 9.17) is 10.5 Å². The highest BCUT2D eigenvalue weighted by molar-refractivity contribution is 4.86. The van der Waals surface area contributed by atoms with Crippen LogP contribution in [0.5, 0.6) is 0 Å². The zero-order valence-corrected chi connectivity index (χ0v) is 11.6. The monoisotopic (exact) mass is 240 g/mol. The van der Waals surface area contributed by atoms with Gasteiger partial charge in [-0.1, -0.05) is 13.8 Å². The fourth-order valence-electron chi connectivity index (χ4n) is 3.36. The Bertz CT molecular complexity index is 246. The van der Waals surface area contributed by atoms with Gasteiger partial charge in [0.2, 0.25) is 0 Å². The quantitative estimate of drug-likeness (QED) is 0.800. The standard InChI is InChI=1S/C14H28N2O/c1-10-4-5-13(6-11(10)2)16-8-12(3)17-14(7-15)9-16/h10-14H,4-9,15H2,1-3H3. The topological polar surface area (TPSA) is 38.5 Å². The molecule has 0 aromatic carbocycles. The molecule has 1 aliphatic carbocycles. The molecule has 2 aliphatic rings. The second kappa shape index (κ2) is 5.68. The normalized spacial score (nSPS) is 44.8. The molecule has 1 aliphatic heterocycles. The van der Waals surface area contributed by atoms with Crippen LogP contribution in [0.1, 0.15) is 40.0 Å². The Labute approximate surface area is 106 Å². The molecule has 0 aromatic heterocycles. The maximum atomic E-state index is 5.84. The fourth-order valence-corrected chi connectivity index (χ4v) is 3.36. The van der Waals surface area contributed by atoms with Crippen LogP contribution < -0.4 is 5.73 Å². The Morgan fingerprint density at radius 2 is 1.88 bits per heavy atom. The van der Waals surface area contributed by atoms with Gasteiger partial charge in [0.05, 0.1) is 12.2 Å². The summed E-state index contributed by atoms with van der Waals surface area (Å²) in [5.41, 5.74) is 5.75. The Hall–Kier alpha value is -0.120. The van der Waals surface area contributed by atoms with Crippen molar-refractivity contribution in [2.75, 3.05) is 19.6 Å². The maximum absolute atomic E-state index is 5.84. The van der Waals surface area contributed by atoms with E-state index < -0.39 is 0 Å². The minimum absolute atomic E-state index is 0.244. The van der Waals surface area contributed by atoms with Crippen molar-refractivity contribution < 1.29 is 4.74 Å². The third-order valence-corrected chi connectivity index (χ3v) is 4.70. The van der Waals surface area contributed by atoms with E-state index in [0.29, 0.717) is 12.6 Å². The summed E-state index contributed by atoms with van der Waals surface area (Å²) in [4.78, 5) is 2.63. The van der Waals surface area contributed by atoms with Crippen LogP contribution in [0, 0.1) is 11.8 Å². The molecule has 2 fully saturated rings. The molecule has 2 N–H and O–H groups in total. The molecule has 3 nitrogen and oxygen atoms in total. The molecule has 0 spiro atoms. The number of hydrogen-bond acceptors (Lipinski definition) is 3. The Morgan fingerprint density at radius 3 is 2.53 bits per heavy atom. The average molecular weight is 240 g/mol. The molecule has 5 unspecified atom stereocenters. The zero-order chi connectivity index (χ0) is 12.4. The van der Waals surface area contributed by atoms with Gasteiger partial charge < -0.3 is 10.5 Å². The van der Waals surface area contributed by atoms with Crippen molar-refractivity contribution in [3.63, 3.8) is 0 Å². The summed E-state index contributed by atoms with van der Waals surface area (Å²) in [5.74, 6) is 1.76. The molecule has 17 heavy (non-hydrogen) atoms. The van der Waals surface area contributed by atoms with Gasteiger partial charge in [-0.2, -0.15) is 0 Å². The smallest absolute Gasteiger partial charge is 0.0828 e. The molecule has 0 amide bonds. The molecular weight excluding hydrogens is 212 g/mol. The zero-order valence-electron chi connectivity index (χ0n) is 11.6. The lowest BCUT2D eigenvalue weighted by Crippen LogP contribution is -2.54. The molecule has 0 bridgehead atoms. The first-order valence-electron chi connectivity index (χ1n) is 7.19. The summed E-state index contributed by atoms with van der Waals surface area (Å²) in [6, 6.07) is 0.765. The van der Waals surface area contributed by atoms with Crippen molar-refractivity contribution in [1.82, 2.24) is 4.90 Å². The van der Waals surface area contributed by atoms with E-state index in [-0.39, 0.29) is 6.10 Å². The predicted molar refractivity (Wildman–Crippen MR) is 70.9 cm³/mol. The first-order valence-corrected chi connectivity index (χ1v) is 7.19. The van der Waals surface area contributed by atoms with Crippen LogP contribution in [0.15, 0.2) is 0 Å². The molecule has 3 heteroatoms. The summed E-state index contributed by atoms with van der Waals surface area (Å²) < 4.78 is 5.84. The molecule has 0 radical (unpaired) electrons. The van der Waals surface area contributed by atoms with E-state index in [1.54, 1.807) is 0 Å². The SMILES string of the molecule is CC1CN(C2CCC(C)C(C)C2)CC(CN)O1. The number of nitrogens with two attached hydrogens (primary N) is 1. The van der Waals surface area contributed by atoms with Crippen molar-refractivity contribution in [3.05, 3.63) is 0 Å². The summed E-state index contributed by atoms with van der Waals surface area (Å²) >= 11 is 0. The second-order valence-corrected chi connectivity index (χ2v) is 6.18. The average Bonchev–Trinajstić information content (AvgIpc) is 2.32. The predicted octanol–water partition coefficient (Wildman–Crippen LogP) is 1.86. The minimum atomic E-state index is 0.244. The first-order chi connectivity index (χ1) is 8.10. The van der Waals surface area contributed by atoms with Gasteiger partial charge in [0, 0.05) is 25.7 Å². The van der Waals surface area contributed by atoms with Crippen LogP contribution in [0.25, 0.3) is 0 Å². The lowest BCUT2D eigenvalue weighted by atomic mass is 9.78. The number of nitrogens with zero attached hydrogens (tertiary/aromatic N) is 1. The van der Waals surface area contributed by atoms with Gasteiger partial charge in [0.15, 0.2) is 0 Å². The molecule has 1 saturated heterocycles. The van der Waals surface area contributed by atoms with Crippen LogP contribution >= 0.6 is 0 Å². The van der Waals surface area contributed by atoms with Crippen molar-refractivity contribution in [2.45, 2.75) is 58.3 Å². The summed E-state index contributed by atoms with van der Waals surface area (Å²) in [7, 11) is 0. The summed E-state index contributed by atoms with van der Waals surface area (Å²) in [6.45, 7) is 9.74. The third kappa shape index (κ3) is 3.21. The molecule has 5 atom stereocenters. The van der Waals surface area contributed by atoms with Crippen LogP contribution in [0.3, 0.4) is 0 Å². The van der Waals surface area contributed by atoms with E-state index >= 15 is 0 Å². The fraction of sp³-hybridized carbons (Fsp3) is 1.00. The van der Waals surface area contributed by atoms with Crippen molar-refractivity contribution >= 4 is 0 Å². The summed E-state index contributed by atoms with van der Waals surface area (Å²) in [6.07, 6.45) is 4.67. The van der Waals surface area contributed by atoms with E-state index in [1.807, 2.05) is 0 Å². The molecule has 1 heterocycles. The molecular formula is C14H28N2O. The number of morpholine rings is 1. The van der Waals surface area contributed by atoms with E-state index in [9.17, 15) is 0 Å². The highest BCUT2D eigenvalue weighted by atomic mass is 16.5. The van der Waals surface area contributed by atoms with E-state index in [0.717, 1.165) is 31.0 Å².